The number of hydrogen-bond acceptors (Lipinski definition) is 4. The molecule has 0 unspecified atom stereocenters. The number of esters is 1. The summed E-state index contributed by atoms with van der Waals surface area (Å²) in [4.78, 5) is 24.6. The molecule has 1 heterocycles. The van der Waals surface area contributed by atoms with Gasteiger partial charge in [-0.05, 0) is 69.2 Å². The zero-order valence-corrected chi connectivity index (χ0v) is 17.2. The molecule has 2 aromatic rings. The average molecular weight is 401 g/mol. The van der Waals surface area contributed by atoms with Crippen molar-refractivity contribution in [2.75, 3.05) is 6.61 Å². The van der Waals surface area contributed by atoms with Gasteiger partial charge in [-0.15, -0.1) is 0 Å². The Morgan fingerprint density at radius 2 is 1.90 bits per heavy atom. The maximum atomic E-state index is 13.2. The van der Waals surface area contributed by atoms with Gasteiger partial charge in [0, 0.05) is 17.3 Å². The first kappa shape index (κ1) is 21.0. The molecule has 0 spiro atoms. The summed E-state index contributed by atoms with van der Waals surface area (Å²) >= 11 is 0. The smallest absolute Gasteiger partial charge is 0.359 e. The molecular weight excluding hydrogens is 373 g/mol. The quantitative estimate of drug-likeness (QED) is 0.686. The van der Waals surface area contributed by atoms with E-state index in [4.69, 9.17) is 4.74 Å². The van der Waals surface area contributed by atoms with Crippen molar-refractivity contribution in [2.24, 2.45) is 5.92 Å². The third-order valence-electron chi connectivity index (χ3n) is 5.11. The maximum absolute atomic E-state index is 13.2. The van der Waals surface area contributed by atoms with Crippen LogP contribution in [0.3, 0.4) is 0 Å². The standard InChI is InChI=1S/C22H28FN3O3/c1-14(2)7-8-15(3)24-20(27)13-29-22(28)21-18-5-4-6-19(18)26(25-21)17-11-9-16(23)10-12-17/h9-12,14-15H,4-8,13H2,1-3H3,(H,24,27)/t15-/m1/s1. The SMILES string of the molecule is CC(C)CC[C@@H](C)NC(=O)COC(=O)c1nn(-c2ccc(F)cc2)c2c1CCC2. The molecule has 0 saturated carbocycles. The van der Waals surface area contributed by atoms with E-state index in [0.29, 0.717) is 11.6 Å². The lowest BCUT2D eigenvalue weighted by Gasteiger charge is -2.15. The monoisotopic (exact) mass is 401 g/mol. The van der Waals surface area contributed by atoms with Crippen LogP contribution in [0.5, 0.6) is 0 Å². The molecule has 0 fully saturated rings. The highest BCUT2D eigenvalue weighted by Gasteiger charge is 2.28. The number of benzene rings is 1. The molecular formula is C22H28FN3O3. The number of amides is 1. The second kappa shape index (κ2) is 9.20. The molecule has 0 aliphatic heterocycles. The van der Waals surface area contributed by atoms with E-state index in [0.717, 1.165) is 43.4 Å². The molecule has 1 aliphatic carbocycles. The van der Waals surface area contributed by atoms with Crippen molar-refractivity contribution in [1.29, 1.82) is 0 Å². The fraction of sp³-hybridized carbons (Fsp3) is 0.500. The fourth-order valence-corrected chi connectivity index (χ4v) is 3.57. The lowest BCUT2D eigenvalue weighted by atomic mass is 10.0. The second-order valence-electron chi connectivity index (χ2n) is 8.03. The summed E-state index contributed by atoms with van der Waals surface area (Å²) in [6.45, 7) is 5.89. The average Bonchev–Trinajstić information content (AvgIpc) is 3.28. The van der Waals surface area contributed by atoms with Crippen LogP contribution >= 0.6 is 0 Å². The first-order valence-electron chi connectivity index (χ1n) is 10.2. The van der Waals surface area contributed by atoms with Gasteiger partial charge < -0.3 is 10.1 Å². The van der Waals surface area contributed by atoms with Gasteiger partial charge in [0.25, 0.3) is 5.91 Å². The first-order chi connectivity index (χ1) is 13.8. The van der Waals surface area contributed by atoms with E-state index >= 15 is 0 Å². The predicted octanol–water partition coefficient (Wildman–Crippen LogP) is 3.60. The van der Waals surface area contributed by atoms with Gasteiger partial charge in [0.1, 0.15) is 5.82 Å². The van der Waals surface area contributed by atoms with E-state index in [9.17, 15) is 14.0 Å². The molecule has 1 aromatic carbocycles. The number of carbonyl (C=O) groups is 2. The number of halogens is 1. The van der Waals surface area contributed by atoms with Gasteiger partial charge in [0.2, 0.25) is 0 Å². The Labute approximate surface area is 170 Å². The molecule has 3 rings (SSSR count). The van der Waals surface area contributed by atoms with Crippen LogP contribution in [0.25, 0.3) is 5.69 Å². The van der Waals surface area contributed by atoms with Crippen molar-refractivity contribution in [3.63, 3.8) is 0 Å². The van der Waals surface area contributed by atoms with Gasteiger partial charge in [0.15, 0.2) is 12.3 Å². The summed E-state index contributed by atoms with van der Waals surface area (Å²) in [6, 6.07) is 6.01. The van der Waals surface area contributed by atoms with Crippen LogP contribution in [-0.4, -0.2) is 34.3 Å². The van der Waals surface area contributed by atoms with Crippen LogP contribution in [0, 0.1) is 11.7 Å². The Morgan fingerprint density at radius 3 is 2.59 bits per heavy atom. The molecule has 7 heteroatoms. The van der Waals surface area contributed by atoms with Crippen LogP contribution < -0.4 is 5.32 Å². The highest BCUT2D eigenvalue weighted by Crippen LogP contribution is 2.28. The minimum Gasteiger partial charge on any atom is -0.451 e. The van der Waals surface area contributed by atoms with Crippen LogP contribution in [0.2, 0.25) is 0 Å². The largest absolute Gasteiger partial charge is 0.451 e. The molecule has 156 valence electrons. The molecule has 1 atom stereocenters. The van der Waals surface area contributed by atoms with Crippen molar-refractivity contribution in [2.45, 2.75) is 58.9 Å². The second-order valence-corrected chi connectivity index (χ2v) is 8.03. The van der Waals surface area contributed by atoms with E-state index in [-0.39, 0.29) is 30.1 Å². The minimum atomic E-state index is -0.603. The zero-order valence-electron chi connectivity index (χ0n) is 17.2. The lowest BCUT2D eigenvalue weighted by molar-refractivity contribution is -0.124. The molecule has 29 heavy (non-hydrogen) atoms. The molecule has 1 amide bonds. The lowest BCUT2D eigenvalue weighted by Crippen LogP contribution is -2.36. The van der Waals surface area contributed by atoms with Gasteiger partial charge in [0.05, 0.1) is 5.69 Å². The molecule has 1 aliphatic rings. The van der Waals surface area contributed by atoms with Crippen molar-refractivity contribution in [1.82, 2.24) is 15.1 Å². The normalized spacial score (nSPS) is 14.0. The number of carbonyl (C=O) groups excluding carboxylic acids is 2. The van der Waals surface area contributed by atoms with Crippen LogP contribution in [-0.2, 0) is 22.4 Å². The van der Waals surface area contributed by atoms with E-state index in [1.807, 2.05) is 6.92 Å². The molecule has 0 bridgehead atoms. The number of aromatic nitrogens is 2. The van der Waals surface area contributed by atoms with Crippen LogP contribution in [0.1, 0.15) is 61.8 Å². The van der Waals surface area contributed by atoms with Gasteiger partial charge in [-0.25, -0.2) is 13.9 Å². The molecule has 0 saturated heterocycles. The Hall–Kier alpha value is -2.70. The van der Waals surface area contributed by atoms with E-state index in [1.54, 1.807) is 16.8 Å². The van der Waals surface area contributed by atoms with Crippen molar-refractivity contribution in [3.05, 3.63) is 47.0 Å². The highest BCUT2D eigenvalue weighted by atomic mass is 19.1. The number of fused-ring (bicyclic) bond motifs is 1. The number of hydrogen-bond donors (Lipinski definition) is 1. The van der Waals surface area contributed by atoms with Gasteiger partial charge in [-0.3, -0.25) is 4.79 Å². The van der Waals surface area contributed by atoms with E-state index < -0.39 is 5.97 Å². The summed E-state index contributed by atoms with van der Waals surface area (Å²) in [5, 5.41) is 7.26. The summed E-state index contributed by atoms with van der Waals surface area (Å²) in [6.07, 6.45) is 4.35. The summed E-state index contributed by atoms with van der Waals surface area (Å²) in [5.74, 6) is -0.672. The van der Waals surface area contributed by atoms with Gasteiger partial charge in [-0.2, -0.15) is 5.10 Å². The van der Waals surface area contributed by atoms with Crippen LogP contribution in [0.4, 0.5) is 4.39 Å². The van der Waals surface area contributed by atoms with E-state index in [2.05, 4.69) is 24.3 Å². The first-order valence-corrected chi connectivity index (χ1v) is 10.2. The fourth-order valence-electron chi connectivity index (χ4n) is 3.57. The third kappa shape index (κ3) is 5.22. The Morgan fingerprint density at radius 1 is 1.17 bits per heavy atom. The molecule has 0 radical (unpaired) electrons. The van der Waals surface area contributed by atoms with Gasteiger partial charge >= 0.3 is 5.97 Å². The summed E-state index contributed by atoms with van der Waals surface area (Å²) in [5.41, 5.74) is 2.73. The van der Waals surface area contributed by atoms with Crippen molar-refractivity contribution in [3.8, 4) is 5.69 Å². The van der Waals surface area contributed by atoms with Gasteiger partial charge in [-0.1, -0.05) is 13.8 Å². The minimum absolute atomic E-state index is 0.0329. The Balaban J connectivity index is 1.63. The Kier molecular flexibility index (Phi) is 6.67. The topological polar surface area (TPSA) is 73.2 Å². The highest BCUT2D eigenvalue weighted by molar-refractivity contribution is 5.91. The van der Waals surface area contributed by atoms with E-state index in [1.165, 1.54) is 12.1 Å². The molecule has 6 nitrogen and oxygen atoms in total. The number of nitrogens with zero attached hydrogens (tertiary/aromatic N) is 2. The summed E-state index contributed by atoms with van der Waals surface area (Å²) in [7, 11) is 0. The summed E-state index contributed by atoms with van der Waals surface area (Å²) < 4.78 is 20.1. The third-order valence-corrected chi connectivity index (χ3v) is 5.11. The molecule has 1 N–H and O–H groups in total. The number of ether oxygens (including phenoxy) is 1. The number of nitrogens with one attached hydrogen (secondary N) is 1. The maximum Gasteiger partial charge on any atom is 0.359 e. The number of rotatable bonds is 8. The molecule has 1 aromatic heterocycles. The predicted molar refractivity (Wildman–Crippen MR) is 108 cm³/mol. The van der Waals surface area contributed by atoms with Crippen molar-refractivity contribution < 1.29 is 18.7 Å². The van der Waals surface area contributed by atoms with Crippen molar-refractivity contribution >= 4 is 11.9 Å². The zero-order chi connectivity index (χ0) is 21.0. The Bertz CT molecular complexity index is 874. The van der Waals surface area contributed by atoms with Crippen LogP contribution in [0.15, 0.2) is 24.3 Å².